The second-order valence-corrected chi connectivity index (χ2v) is 6.78. The number of carbonyl (C=O) groups is 1. The van der Waals surface area contributed by atoms with Crippen LogP contribution in [0.2, 0.25) is 0 Å². The Kier molecular flexibility index (Phi) is 5.98. The summed E-state index contributed by atoms with van der Waals surface area (Å²) in [5.74, 6) is 0.307. The van der Waals surface area contributed by atoms with Crippen LogP contribution in [0.5, 0.6) is 0 Å². The molecule has 2 rings (SSSR count). The number of likely N-dealkylation sites (N-methyl/N-ethyl adjacent to an activating group) is 1. The summed E-state index contributed by atoms with van der Waals surface area (Å²) in [6, 6.07) is 10.4. The van der Waals surface area contributed by atoms with Gasteiger partial charge in [0.25, 0.3) is 0 Å². The number of hydrogen-bond donors (Lipinski definition) is 1. The van der Waals surface area contributed by atoms with Gasteiger partial charge in [0.1, 0.15) is 0 Å². The zero-order valence-corrected chi connectivity index (χ0v) is 14.0. The lowest BCUT2D eigenvalue weighted by molar-refractivity contribution is -0.134. The van der Waals surface area contributed by atoms with E-state index in [-0.39, 0.29) is 17.9 Å². The molecule has 0 aromatic heterocycles. The van der Waals surface area contributed by atoms with Crippen LogP contribution in [0, 0.1) is 5.92 Å². The zero-order valence-electron chi connectivity index (χ0n) is 14.0. The number of nitrogens with two attached hydrogens (primary N) is 1. The third-order valence-corrected chi connectivity index (χ3v) is 4.48. The number of benzene rings is 1. The highest BCUT2D eigenvalue weighted by atomic mass is 16.2. The van der Waals surface area contributed by atoms with E-state index in [0.717, 1.165) is 32.5 Å². The van der Waals surface area contributed by atoms with Crippen LogP contribution >= 0.6 is 0 Å². The summed E-state index contributed by atoms with van der Waals surface area (Å²) < 4.78 is 0. The first kappa shape index (κ1) is 17.0. The van der Waals surface area contributed by atoms with Crippen LogP contribution in [-0.4, -0.2) is 47.9 Å². The van der Waals surface area contributed by atoms with Gasteiger partial charge in [0, 0.05) is 25.7 Å². The predicted molar refractivity (Wildman–Crippen MR) is 90.3 cm³/mol. The SMILES string of the molecule is CC(C)C(N)C(=O)N1CCC[C@H]1CN(C)Cc1ccccc1. The molecule has 1 aromatic rings. The first-order chi connectivity index (χ1) is 10.5. The summed E-state index contributed by atoms with van der Waals surface area (Å²) in [5.41, 5.74) is 7.36. The van der Waals surface area contributed by atoms with Gasteiger partial charge in [-0.1, -0.05) is 44.2 Å². The molecule has 1 amide bonds. The lowest BCUT2D eigenvalue weighted by Gasteiger charge is -2.31. The van der Waals surface area contributed by atoms with Crippen molar-refractivity contribution in [2.75, 3.05) is 20.1 Å². The third-order valence-electron chi connectivity index (χ3n) is 4.48. The van der Waals surface area contributed by atoms with E-state index in [4.69, 9.17) is 5.73 Å². The molecule has 0 spiro atoms. The number of amides is 1. The molecule has 1 heterocycles. The Hall–Kier alpha value is -1.39. The molecule has 22 heavy (non-hydrogen) atoms. The summed E-state index contributed by atoms with van der Waals surface area (Å²) in [6.07, 6.45) is 2.16. The largest absolute Gasteiger partial charge is 0.337 e. The summed E-state index contributed by atoms with van der Waals surface area (Å²) in [6.45, 7) is 6.69. The van der Waals surface area contributed by atoms with E-state index in [9.17, 15) is 4.79 Å². The number of rotatable bonds is 6. The smallest absolute Gasteiger partial charge is 0.240 e. The highest BCUT2D eigenvalue weighted by Crippen LogP contribution is 2.20. The van der Waals surface area contributed by atoms with Crippen LogP contribution in [-0.2, 0) is 11.3 Å². The van der Waals surface area contributed by atoms with Gasteiger partial charge in [-0.3, -0.25) is 4.79 Å². The Labute approximate surface area is 134 Å². The molecule has 2 atom stereocenters. The molecule has 0 aliphatic carbocycles. The molecule has 4 heteroatoms. The second kappa shape index (κ2) is 7.75. The highest BCUT2D eigenvalue weighted by molar-refractivity contribution is 5.82. The van der Waals surface area contributed by atoms with Crippen molar-refractivity contribution in [2.45, 2.75) is 45.3 Å². The van der Waals surface area contributed by atoms with Gasteiger partial charge in [0.05, 0.1) is 6.04 Å². The number of likely N-dealkylation sites (tertiary alicyclic amines) is 1. The van der Waals surface area contributed by atoms with E-state index in [2.05, 4.69) is 36.2 Å². The molecule has 0 radical (unpaired) electrons. The molecular formula is C18H29N3O. The number of carbonyl (C=O) groups excluding carboxylic acids is 1. The Balaban J connectivity index is 1.92. The molecule has 1 aromatic carbocycles. The maximum atomic E-state index is 12.5. The van der Waals surface area contributed by atoms with E-state index in [1.807, 2.05) is 24.8 Å². The van der Waals surface area contributed by atoms with Crippen molar-refractivity contribution in [2.24, 2.45) is 11.7 Å². The summed E-state index contributed by atoms with van der Waals surface area (Å²) in [7, 11) is 2.12. The van der Waals surface area contributed by atoms with Gasteiger partial charge in [-0.2, -0.15) is 0 Å². The predicted octanol–water partition coefficient (Wildman–Crippen LogP) is 2.09. The van der Waals surface area contributed by atoms with Crippen LogP contribution in [0.25, 0.3) is 0 Å². The fourth-order valence-electron chi connectivity index (χ4n) is 3.11. The first-order valence-corrected chi connectivity index (χ1v) is 8.27. The molecule has 2 N–H and O–H groups in total. The van der Waals surface area contributed by atoms with E-state index >= 15 is 0 Å². The molecule has 122 valence electrons. The fourth-order valence-corrected chi connectivity index (χ4v) is 3.11. The minimum absolute atomic E-state index is 0.116. The molecule has 4 nitrogen and oxygen atoms in total. The quantitative estimate of drug-likeness (QED) is 0.875. The van der Waals surface area contributed by atoms with Crippen molar-refractivity contribution in [3.05, 3.63) is 35.9 Å². The third kappa shape index (κ3) is 4.31. The van der Waals surface area contributed by atoms with Gasteiger partial charge in [-0.05, 0) is 31.4 Å². The average molecular weight is 303 g/mol. The average Bonchev–Trinajstić information content (AvgIpc) is 2.94. The van der Waals surface area contributed by atoms with Crippen LogP contribution in [0.1, 0.15) is 32.3 Å². The van der Waals surface area contributed by atoms with Gasteiger partial charge in [0.2, 0.25) is 5.91 Å². The number of nitrogens with zero attached hydrogens (tertiary/aromatic N) is 2. The molecule has 1 fully saturated rings. The Bertz CT molecular complexity index is 474. The van der Waals surface area contributed by atoms with E-state index in [1.54, 1.807) is 0 Å². The van der Waals surface area contributed by atoms with E-state index < -0.39 is 0 Å². The molecule has 1 unspecified atom stereocenters. The molecule has 1 saturated heterocycles. The maximum Gasteiger partial charge on any atom is 0.240 e. The van der Waals surface area contributed by atoms with Crippen LogP contribution < -0.4 is 5.73 Å². The standard InChI is InChI=1S/C18H29N3O/c1-14(2)17(19)18(22)21-11-7-10-16(21)13-20(3)12-15-8-5-4-6-9-15/h4-6,8-9,14,16-17H,7,10-13,19H2,1-3H3/t16-,17?/m0/s1. The van der Waals surface area contributed by atoms with Gasteiger partial charge >= 0.3 is 0 Å². The molecular weight excluding hydrogens is 274 g/mol. The van der Waals surface area contributed by atoms with Gasteiger partial charge in [0.15, 0.2) is 0 Å². The topological polar surface area (TPSA) is 49.6 Å². The Morgan fingerprint density at radius 3 is 2.68 bits per heavy atom. The van der Waals surface area contributed by atoms with Crippen molar-refractivity contribution in [3.8, 4) is 0 Å². The van der Waals surface area contributed by atoms with E-state index in [1.165, 1.54) is 5.56 Å². The molecule has 1 aliphatic heterocycles. The van der Waals surface area contributed by atoms with Gasteiger partial charge < -0.3 is 15.5 Å². The van der Waals surface area contributed by atoms with Crippen LogP contribution in [0.3, 0.4) is 0 Å². The van der Waals surface area contributed by atoms with Crippen molar-refractivity contribution in [3.63, 3.8) is 0 Å². The molecule has 0 saturated carbocycles. The van der Waals surface area contributed by atoms with Crippen LogP contribution in [0.4, 0.5) is 0 Å². The fraction of sp³-hybridized carbons (Fsp3) is 0.611. The Morgan fingerprint density at radius 2 is 2.05 bits per heavy atom. The van der Waals surface area contributed by atoms with Crippen molar-refractivity contribution in [1.29, 1.82) is 0 Å². The normalized spacial score (nSPS) is 19.9. The van der Waals surface area contributed by atoms with E-state index in [0.29, 0.717) is 6.04 Å². The molecule has 1 aliphatic rings. The maximum absolute atomic E-state index is 12.5. The number of hydrogen-bond acceptors (Lipinski definition) is 3. The second-order valence-electron chi connectivity index (χ2n) is 6.78. The minimum atomic E-state index is -0.375. The zero-order chi connectivity index (χ0) is 16.1. The lowest BCUT2D eigenvalue weighted by atomic mass is 10.0. The Morgan fingerprint density at radius 1 is 1.36 bits per heavy atom. The van der Waals surface area contributed by atoms with Gasteiger partial charge in [-0.15, -0.1) is 0 Å². The monoisotopic (exact) mass is 303 g/mol. The van der Waals surface area contributed by atoms with Crippen molar-refractivity contribution in [1.82, 2.24) is 9.80 Å². The summed E-state index contributed by atoms with van der Waals surface area (Å²) in [5, 5.41) is 0. The first-order valence-electron chi connectivity index (χ1n) is 8.27. The van der Waals surface area contributed by atoms with Crippen molar-refractivity contribution < 1.29 is 4.79 Å². The minimum Gasteiger partial charge on any atom is -0.337 e. The summed E-state index contributed by atoms with van der Waals surface area (Å²) >= 11 is 0. The van der Waals surface area contributed by atoms with Crippen LogP contribution in [0.15, 0.2) is 30.3 Å². The lowest BCUT2D eigenvalue weighted by Crippen LogP contribution is -2.50. The van der Waals surface area contributed by atoms with Crippen molar-refractivity contribution >= 4 is 5.91 Å². The molecule has 0 bridgehead atoms. The van der Waals surface area contributed by atoms with Gasteiger partial charge in [-0.25, -0.2) is 0 Å². The summed E-state index contributed by atoms with van der Waals surface area (Å²) in [4.78, 5) is 16.8. The highest BCUT2D eigenvalue weighted by Gasteiger charge is 2.33.